The van der Waals surface area contributed by atoms with Crippen LogP contribution in [0, 0.1) is 0 Å². The number of carbonyl (C=O) groups is 2. The standard InChI is InChI=1S/C20H18N2O5S/c1-13(19(23)22-17-8-10-18(11-9-17)28(21,25)26)27-20(24)16-7-6-14-4-2-3-5-15(14)12-16/h2-13H,1H3,(H,22,23)(H2,21,25,26)/t13-/m1/s1. The largest absolute Gasteiger partial charge is 0.449 e. The van der Waals surface area contributed by atoms with Gasteiger partial charge in [0.2, 0.25) is 10.0 Å². The van der Waals surface area contributed by atoms with Crippen LogP contribution in [0.25, 0.3) is 10.8 Å². The Balaban J connectivity index is 1.65. The number of ether oxygens (including phenoxy) is 1. The highest BCUT2D eigenvalue weighted by Gasteiger charge is 2.19. The van der Waals surface area contributed by atoms with E-state index in [4.69, 9.17) is 9.88 Å². The summed E-state index contributed by atoms with van der Waals surface area (Å²) < 4.78 is 27.7. The molecule has 3 N–H and O–H groups in total. The molecular formula is C20H18N2O5S. The van der Waals surface area contributed by atoms with E-state index in [2.05, 4.69) is 5.32 Å². The lowest BCUT2D eigenvalue weighted by Gasteiger charge is -2.14. The van der Waals surface area contributed by atoms with Crippen molar-refractivity contribution in [3.63, 3.8) is 0 Å². The summed E-state index contributed by atoms with van der Waals surface area (Å²) in [5, 5.41) is 9.47. The van der Waals surface area contributed by atoms with E-state index in [-0.39, 0.29) is 4.90 Å². The fraction of sp³-hybridized carbons (Fsp3) is 0.100. The maximum atomic E-state index is 12.3. The highest BCUT2D eigenvalue weighted by Crippen LogP contribution is 2.17. The van der Waals surface area contributed by atoms with Crippen LogP contribution in [0.2, 0.25) is 0 Å². The van der Waals surface area contributed by atoms with Crippen molar-refractivity contribution >= 4 is 38.4 Å². The Bertz CT molecular complexity index is 1140. The number of amides is 1. The van der Waals surface area contributed by atoms with E-state index in [0.717, 1.165) is 10.8 Å². The van der Waals surface area contributed by atoms with Crippen molar-refractivity contribution in [2.24, 2.45) is 5.14 Å². The maximum absolute atomic E-state index is 12.3. The highest BCUT2D eigenvalue weighted by atomic mass is 32.2. The van der Waals surface area contributed by atoms with Gasteiger partial charge in [-0.1, -0.05) is 30.3 Å². The van der Waals surface area contributed by atoms with E-state index in [1.165, 1.54) is 31.2 Å². The van der Waals surface area contributed by atoms with Crippen molar-refractivity contribution in [3.8, 4) is 0 Å². The van der Waals surface area contributed by atoms with Crippen LogP contribution in [-0.4, -0.2) is 26.4 Å². The fourth-order valence-electron chi connectivity index (χ4n) is 2.57. The lowest BCUT2D eigenvalue weighted by molar-refractivity contribution is -0.123. The molecular weight excluding hydrogens is 380 g/mol. The van der Waals surface area contributed by atoms with Crippen molar-refractivity contribution in [2.75, 3.05) is 5.32 Å². The van der Waals surface area contributed by atoms with E-state index in [1.54, 1.807) is 12.1 Å². The van der Waals surface area contributed by atoms with Crippen molar-refractivity contribution in [3.05, 3.63) is 72.3 Å². The number of hydrogen-bond acceptors (Lipinski definition) is 5. The van der Waals surface area contributed by atoms with Crippen molar-refractivity contribution < 1.29 is 22.7 Å². The van der Waals surface area contributed by atoms with E-state index < -0.39 is 28.0 Å². The number of sulfonamides is 1. The first-order valence-corrected chi connectivity index (χ1v) is 9.92. The summed E-state index contributed by atoms with van der Waals surface area (Å²) in [5.74, 6) is -1.16. The molecule has 0 aliphatic rings. The molecule has 0 bridgehead atoms. The van der Waals surface area contributed by atoms with Gasteiger partial charge in [-0.2, -0.15) is 0 Å². The number of carbonyl (C=O) groups excluding carboxylic acids is 2. The molecule has 1 atom stereocenters. The van der Waals surface area contributed by atoms with Gasteiger partial charge in [-0.05, 0) is 54.1 Å². The number of hydrogen-bond donors (Lipinski definition) is 2. The van der Waals surface area contributed by atoms with Gasteiger partial charge in [-0.25, -0.2) is 18.4 Å². The SMILES string of the molecule is C[C@@H](OC(=O)c1ccc2ccccc2c1)C(=O)Nc1ccc(S(N)(=O)=O)cc1. The first-order valence-electron chi connectivity index (χ1n) is 8.37. The Labute approximate surface area is 162 Å². The number of esters is 1. The van der Waals surface area contributed by atoms with Crippen molar-refractivity contribution in [1.82, 2.24) is 0 Å². The molecule has 8 heteroatoms. The van der Waals surface area contributed by atoms with Gasteiger partial charge in [-0.3, -0.25) is 4.79 Å². The summed E-state index contributed by atoms with van der Waals surface area (Å²) in [6.07, 6.45) is -1.04. The molecule has 0 aliphatic heterocycles. The van der Waals surface area contributed by atoms with Gasteiger partial charge >= 0.3 is 5.97 Å². The number of rotatable bonds is 5. The van der Waals surface area contributed by atoms with Gasteiger partial charge < -0.3 is 10.1 Å². The van der Waals surface area contributed by atoms with Crippen LogP contribution in [0.3, 0.4) is 0 Å². The normalized spacial score (nSPS) is 12.4. The Kier molecular flexibility index (Phi) is 5.43. The van der Waals surface area contributed by atoms with Crippen LogP contribution in [0.4, 0.5) is 5.69 Å². The second-order valence-corrected chi connectivity index (χ2v) is 7.73. The molecule has 7 nitrogen and oxygen atoms in total. The Hall–Kier alpha value is -3.23. The second kappa shape index (κ2) is 7.79. The van der Waals surface area contributed by atoms with Gasteiger partial charge in [0, 0.05) is 5.69 Å². The van der Waals surface area contributed by atoms with Gasteiger partial charge in [0.25, 0.3) is 5.91 Å². The minimum absolute atomic E-state index is 0.0683. The third kappa shape index (κ3) is 4.54. The molecule has 0 radical (unpaired) electrons. The monoisotopic (exact) mass is 398 g/mol. The van der Waals surface area contributed by atoms with Crippen LogP contribution in [0.15, 0.2) is 71.6 Å². The number of nitrogens with two attached hydrogens (primary N) is 1. The van der Waals surface area contributed by atoms with E-state index in [9.17, 15) is 18.0 Å². The van der Waals surface area contributed by atoms with Crippen LogP contribution in [0.1, 0.15) is 17.3 Å². The number of nitrogens with one attached hydrogen (secondary N) is 1. The number of fused-ring (bicyclic) bond motifs is 1. The fourth-order valence-corrected chi connectivity index (χ4v) is 3.09. The second-order valence-electron chi connectivity index (χ2n) is 6.17. The highest BCUT2D eigenvalue weighted by molar-refractivity contribution is 7.89. The quantitative estimate of drug-likeness (QED) is 0.641. The molecule has 1 amide bonds. The molecule has 0 saturated heterocycles. The molecule has 144 valence electrons. The lowest BCUT2D eigenvalue weighted by atomic mass is 10.1. The van der Waals surface area contributed by atoms with Crippen molar-refractivity contribution in [2.45, 2.75) is 17.9 Å². The smallest absolute Gasteiger partial charge is 0.338 e. The van der Waals surface area contributed by atoms with E-state index in [0.29, 0.717) is 11.3 Å². The molecule has 3 rings (SSSR count). The Morgan fingerprint density at radius 3 is 2.25 bits per heavy atom. The molecule has 0 fully saturated rings. The van der Waals surface area contributed by atoms with Crippen LogP contribution >= 0.6 is 0 Å². The number of anilines is 1. The zero-order chi connectivity index (χ0) is 20.3. The van der Waals surface area contributed by atoms with E-state index >= 15 is 0 Å². The molecule has 0 aliphatic carbocycles. The lowest BCUT2D eigenvalue weighted by Crippen LogP contribution is -2.30. The summed E-state index contributed by atoms with van der Waals surface area (Å²) in [6, 6.07) is 18.1. The average molecular weight is 398 g/mol. The summed E-state index contributed by atoms with van der Waals surface area (Å²) in [5.41, 5.74) is 0.696. The Morgan fingerprint density at radius 1 is 0.964 bits per heavy atom. The van der Waals surface area contributed by atoms with Gasteiger partial charge in [0.05, 0.1) is 10.5 Å². The van der Waals surface area contributed by atoms with Gasteiger partial charge in [0.1, 0.15) is 0 Å². The molecule has 28 heavy (non-hydrogen) atoms. The molecule has 3 aromatic carbocycles. The topological polar surface area (TPSA) is 116 Å². The number of benzene rings is 3. The third-order valence-corrected chi connectivity index (χ3v) is 5.02. The Morgan fingerprint density at radius 2 is 1.61 bits per heavy atom. The van der Waals surface area contributed by atoms with Crippen molar-refractivity contribution in [1.29, 1.82) is 0 Å². The zero-order valence-corrected chi connectivity index (χ0v) is 15.8. The summed E-state index contributed by atoms with van der Waals surface area (Å²) >= 11 is 0. The maximum Gasteiger partial charge on any atom is 0.338 e. The first-order chi connectivity index (χ1) is 13.2. The third-order valence-electron chi connectivity index (χ3n) is 4.09. The summed E-state index contributed by atoms with van der Waals surface area (Å²) in [6.45, 7) is 1.45. The summed E-state index contributed by atoms with van der Waals surface area (Å²) in [7, 11) is -3.81. The van der Waals surface area contributed by atoms with Gasteiger partial charge in [0.15, 0.2) is 6.10 Å². The molecule has 0 saturated carbocycles. The van der Waals surface area contributed by atoms with Crippen LogP contribution in [0.5, 0.6) is 0 Å². The van der Waals surface area contributed by atoms with Gasteiger partial charge in [-0.15, -0.1) is 0 Å². The minimum atomic E-state index is -3.81. The first kappa shape index (κ1) is 19.5. The van der Waals surface area contributed by atoms with Crippen LogP contribution < -0.4 is 10.5 Å². The zero-order valence-electron chi connectivity index (χ0n) is 15.0. The minimum Gasteiger partial charge on any atom is -0.449 e. The predicted octanol–water partition coefficient (Wildman–Crippen LogP) is 2.67. The van der Waals surface area contributed by atoms with E-state index in [1.807, 2.05) is 30.3 Å². The molecule has 0 heterocycles. The molecule has 0 spiro atoms. The molecule has 0 aromatic heterocycles. The molecule has 0 unspecified atom stereocenters. The predicted molar refractivity (Wildman–Crippen MR) is 105 cm³/mol. The van der Waals surface area contributed by atoms with Crippen LogP contribution in [-0.2, 0) is 19.6 Å². The average Bonchev–Trinajstić information content (AvgIpc) is 2.67. The summed E-state index contributed by atoms with van der Waals surface area (Å²) in [4.78, 5) is 24.5. The molecule has 3 aromatic rings. The number of primary sulfonamides is 1.